The van der Waals surface area contributed by atoms with Gasteiger partial charge in [0.05, 0.1) is 19.8 Å². The summed E-state index contributed by atoms with van der Waals surface area (Å²) in [4.78, 5) is 4.51. The number of rotatable bonds is 4. The van der Waals surface area contributed by atoms with E-state index >= 15 is 0 Å². The number of aliphatic hydroxyl groups excluding tert-OH is 1. The second-order valence-corrected chi connectivity index (χ2v) is 2.74. The lowest BCUT2D eigenvalue weighted by atomic mass is 10.1. The summed E-state index contributed by atoms with van der Waals surface area (Å²) in [5.74, 6) is -1.90. The summed E-state index contributed by atoms with van der Waals surface area (Å²) in [5, 5.41) is 9.44. The normalized spacial score (nSPS) is 12.9. The molecule has 3 nitrogen and oxygen atoms in total. The van der Waals surface area contributed by atoms with Crippen LogP contribution in [0.25, 0.3) is 0 Å². The Morgan fingerprint density at radius 2 is 2.14 bits per heavy atom. The van der Waals surface area contributed by atoms with Crippen LogP contribution < -0.4 is 5.48 Å². The van der Waals surface area contributed by atoms with Crippen molar-refractivity contribution in [2.24, 2.45) is 0 Å². The van der Waals surface area contributed by atoms with E-state index in [1.165, 1.54) is 13.2 Å². The molecule has 0 aliphatic rings. The van der Waals surface area contributed by atoms with Gasteiger partial charge in [-0.25, -0.2) is 8.78 Å². The third-order valence-corrected chi connectivity index (χ3v) is 1.75. The van der Waals surface area contributed by atoms with E-state index in [0.29, 0.717) is 5.56 Å². The van der Waals surface area contributed by atoms with Crippen LogP contribution in [0.4, 0.5) is 8.78 Å². The predicted octanol–water partition coefficient (Wildman–Crippen LogP) is 1.15. The highest BCUT2D eigenvalue weighted by Gasteiger charge is 2.10. The number of halogens is 2. The number of hydrogen-bond acceptors (Lipinski definition) is 3. The van der Waals surface area contributed by atoms with Crippen LogP contribution in [0.3, 0.4) is 0 Å². The molecule has 0 aromatic heterocycles. The van der Waals surface area contributed by atoms with Gasteiger partial charge in [0.1, 0.15) is 0 Å². The second-order valence-electron chi connectivity index (χ2n) is 2.74. The molecule has 1 aromatic rings. The molecule has 0 spiro atoms. The Hall–Kier alpha value is -1.04. The zero-order valence-electron chi connectivity index (χ0n) is 7.63. The Kier molecular flexibility index (Phi) is 3.94. The molecule has 14 heavy (non-hydrogen) atoms. The molecule has 5 heteroatoms. The average molecular weight is 203 g/mol. The van der Waals surface area contributed by atoms with Gasteiger partial charge >= 0.3 is 0 Å². The molecule has 0 aliphatic carbocycles. The minimum absolute atomic E-state index is 0.113. The maximum Gasteiger partial charge on any atom is 0.159 e. The summed E-state index contributed by atoms with van der Waals surface area (Å²) in [5.41, 5.74) is 2.71. The third-order valence-electron chi connectivity index (χ3n) is 1.75. The minimum atomic E-state index is -0.973. The first-order chi connectivity index (χ1) is 6.65. The lowest BCUT2D eigenvalue weighted by molar-refractivity contribution is 0.0498. The highest BCUT2D eigenvalue weighted by molar-refractivity contribution is 5.20. The van der Waals surface area contributed by atoms with E-state index in [9.17, 15) is 13.9 Å². The first kappa shape index (κ1) is 11.0. The maximum absolute atomic E-state index is 12.7. The van der Waals surface area contributed by atoms with Crippen molar-refractivity contribution in [3.05, 3.63) is 35.4 Å². The van der Waals surface area contributed by atoms with Gasteiger partial charge in [-0.05, 0) is 17.7 Å². The summed E-state index contributed by atoms with van der Waals surface area (Å²) in [6.45, 7) is 0.113. The Bertz CT molecular complexity index is 307. The molecule has 0 aliphatic heterocycles. The van der Waals surface area contributed by atoms with E-state index in [2.05, 4.69) is 10.3 Å². The Morgan fingerprint density at radius 1 is 1.43 bits per heavy atom. The minimum Gasteiger partial charge on any atom is -0.387 e. The van der Waals surface area contributed by atoms with Gasteiger partial charge in [0, 0.05) is 0 Å². The van der Waals surface area contributed by atoms with Gasteiger partial charge in [0.2, 0.25) is 0 Å². The van der Waals surface area contributed by atoms with Gasteiger partial charge < -0.3 is 9.94 Å². The standard InChI is InChI=1S/C9H11F2NO2/c1-14-12-5-9(13)6-2-3-7(10)8(11)4-6/h2-4,9,12-13H,5H2,1H3. The fraction of sp³-hybridized carbons (Fsp3) is 0.333. The second kappa shape index (κ2) is 4.99. The predicted molar refractivity (Wildman–Crippen MR) is 46.3 cm³/mol. The summed E-state index contributed by atoms with van der Waals surface area (Å²) in [7, 11) is 1.40. The summed E-state index contributed by atoms with van der Waals surface area (Å²) in [6, 6.07) is 3.25. The zero-order chi connectivity index (χ0) is 10.6. The van der Waals surface area contributed by atoms with Crippen LogP contribution in [0.15, 0.2) is 18.2 Å². The lowest BCUT2D eigenvalue weighted by Gasteiger charge is -2.10. The van der Waals surface area contributed by atoms with Crippen LogP contribution in [0.1, 0.15) is 11.7 Å². The maximum atomic E-state index is 12.7. The zero-order valence-corrected chi connectivity index (χ0v) is 7.63. The summed E-state index contributed by atoms with van der Waals surface area (Å²) < 4.78 is 25.2. The number of hydroxylamine groups is 1. The van der Waals surface area contributed by atoms with E-state index in [-0.39, 0.29) is 6.54 Å². The van der Waals surface area contributed by atoms with Crippen LogP contribution in [-0.2, 0) is 4.84 Å². The van der Waals surface area contributed by atoms with Gasteiger partial charge in [0.25, 0.3) is 0 Å². The largest absolute Gasteiger partial charge is 0.387 e. The number of benzene rings is 1. The lowest BCUT2D eigenvalue weighted by Crippen LogP contribution is -2.20. The Morgan fingerprint density at radius 3 is 2.71 bits per heavy atom. The van der Waals surface area contributed by atoms with Crippen molar-refractivity contribution in [3.63, 3.8) is 0 Å². The Labute approximate surface area is 80.3 Å². The number of nitrogens with one attached hydrogen (secondary N) is 1. The van der Waals surface area contributed by atoms with Crippen molar-refractivity contribution in [2.75, 3.05) is 13.7 Å². The van der Waals surface area contributed by atoms with E-state index < -0.39 is 17.7 Å². The van der Waals surface area contributed by atoms with Crippen molar-refractivity contribution in [3.8, 4) is 0 Å². The Balaban J connectivity index is 2.70. The van der Waals surface area contributed by atoms with Crippen molar-refractivity contribution in [2.45, 2.75) is 6.10 Å². The molecule has 0 saturated carbocycles. The van der Waals surface area contributed by atoms with Gasteiger partial charge in [-0.2, -0.15) is 5.48 Å². The molecule has 0 amide bonds. The van der Waals surface area contributed by atoms with Crippen LogP contribution in [0.2, 0.25) is 0 Å². The molecule has 0 fully saturated rings. The highest BCUT2D eigenvalue weighted by atomic mass is 19.2. The fourth-order valence-electron chi connectivity index (χ4n) is 1.000. The smallest absolute Gasteiger partial charge is 0.159 e. The van der Waals surface area contributed by atoms with Crippen molar-refractivity contribution in [1.29, 1.82) is 0 Å². The van der Waals surface area contributed by atoms with Crippen molar-refractivity contribution < 1.29 is 18.7 Å². The molecule has 1 rings (SSSR count). The number of hydrogen-bond donors (Lipinski definition) is 2. The molecule has 2 N–H and O–H groups in total. The van der Waals surface area contributed by atoms with Crippen molar-refractivity contribution in [1.82, 2.24) is 5.48 Å². The molecule has 0 radical (unpaired) electrons. The summed E-state index contributed by atoms with van der Waals surface area (Å²) >= 11 is 0. The quantitative estimate of drug-likeness (QED) is 0.721. The molecule has 1 atom stereocenters. The average Bonchev–Trinajstić information content (AvgIpc) is 2.18. The number of aliphatic hydroxyl groups is 1. The third kappa shape index (κ3) is 2.73. The fourth-order valence-corrected chi connectivity index (χ4v) is 1.000. The van der Waals surface area contributed by atoms with Crippen LogP contribution in [0.5, 0.6) is 0 Å². The van der Waals surface area contributed by atoms with Crippen LogP contribution in [0, 0.1) is 11.6 Å². The monoisotopic (exact) mass is 203 g/mol. The molecular formula is C9H11F2NO2. The molecule has 0 heterocycles. The van der Waals surface area contributed by atoms with Crippen LogP contribution in [-0.4, -0.2) is 18.8 Å². The van der Waals surface area contributed by atoms with Gasteiger partial charge in [-0.3, -0.25) is 0 Å². The first-order valence-corrected chi connectivity index (χ1v) is 4.04. The van der Waals surface area contributed by atoms with Crippen LogP contribution >= 0.6 is 0 Å². The van der Waals surface area contributed by atoms with E-state index in [4.69, 9.17) is 0 Å². The molecule has 78 valence electrons. The first-order valence-electron chi connectivity index (χ1n) is 4.04. The van der Waals surface area contributed by atoms with Gasteiger partial charge in [-0.15, -0.1) is 0 Å². The molecule has 0 bridgehead atoms. The summed E-state index contributed by atoms with van der Waals surface area (Å²) in [6.07, 6.45) is -0.926. The molecule has 0 saturated heterocycles. The van der Waals surface area contributed by atoms with E-state index in [1.54, 1.807) is 0 Å². The molecular weight excluding hydrogens is 192 g/mol. The van der Waals surface area contributed by atoms with Gasteiger partial charge in [-0.1, -0.05) is 6.07 Å². The van der Waals surface area contributed by atoms with Gasteiger partial charge in [0.15, 0.2) is 11.6 Å². The molecule has 1 aromatic carbocycles. The molecule has 1 unspecified atom stereocenters. The SMILES string of the molecule is CONCC(O)c1ccc(F)c(F)c1. The van der Waals surface area contributed by atoms with E-state index in [1.807, 2.05) is 0 Å². The highest BCUT2D eigenvalue weighted by Crippen LogP contribution is 2.15. The van der Waals surface area contributed by atoms with E-state index in [0.717, 1.165) is 12.1 Å². The topological polar surface area (TPSA) is 41.5 Å². The van der Waals surface area contributed by atoms with Crippen molar-refractivity contribution >= 4 is 0 Å².